The van der Waals surface area contributed by atoms with Gasteiger partial charge in [0.25, 0.3) is 5.56 Å². The molecule has 1 aromatic carbocycles. The van der Waals surface area contributed by atoms with Gasteiger partial charge in [-0.2, -0.15) is 18.3 Å². The van der Waals surface area contributed by atoms with Crippen molar-refractivity contribution in [2.75, 3.05) is 0 Å². The largest absolute Gasteiger partial charge is 0.408 e. The Labute approximate surface area is 185 Å². The van der Waals surface area contributed by atoms with E-state index in [1.54, 1.807) is 30.3 Å². The molecule has 0 unspecified atom stereocenters. The summed E-state index contributed by atoms with van der Waals surface area (Å²) in [7, 11) is 0. The smallest absolute Gasteiger partial charge is 0.306 e. The number of nitrogens with zero attached hydrogens (tertiary/aromatic N) is 4. The molecule has 4 aromatic heterocycles. The highest BCUT2D eigenvalue weighted by molar-refractivity contribution is 7.22. The fourth-order valence-electron chi connectivity index (χ4n) is 3.43. The molecule has 0 saturated heterocycles. The van der Waals surface area contributed by atoms with Crippen molar-refractivity contribution in [1.82, 2.24) is 24.3 Å². The highest BCUT2D eigenvalue weighted by Crippen LogP contribution is 2.35. The maximum atomic E-state index is 13.2. The lowest BCUT2D eigenvalue weighted by Crippen LogP contribution is -2.33. The number of hydrogen-bond acceptors (Lipinski definition) is 5. The summed E-state index contributed by atoms with van der Waals surface area (Å²) in [6.45, 7) is -1.31. The molecule has 0 atom stereocenters. The van der Waals surface area contributed by atoms with Gasteiger partial charge in [-0.05, 0) is 12.1 Å². The van der Waals surface area contributed by atoms with E-state index < -0.39 is 24.0 Å². The summed E-state index contributed by atoms with van der Waals surface area (Å²) in [4.78, 5) is 33.3. The van der Waals surface area contributed by atoms with Crippen LogP contribution in [0.4, 0.5) is 13.2 Å². The Morgan fingerprint density at radius 2 is 1.94 bits per heavy atom. The van der Waals surface area contributed by atoms with E-state index in [0.717, 1.165) is 22.1 Å². The number of halogens is 4. The molecule has 32 heavy (non-hydrogen) atoms. The highest BCUT2D eigenvalue weighted by atomic mass is 35.5. The van der Waals surface area contributed by atoms with Crippen molar-refractivity contribution in [1.29, 1.82) is 0 Å². The maximum absolute atomic E-state index is 13.2. The summed E-state index contributed by atoms with van der Waals surface area (Å²) in [6, 6.07) is 8.74. The summed E-state index contributed by atoms with van der Waals surface area (Å²) in [5, 5.41) is 4.69. The van der Waals surface area contributed by atoms with Crippen LogP contribution < -0.4 is 11.2 Å². The molecule has 0 spiro atoms. The molecule has 5 rings (SSSR count). The predicted octanol–water partition coefficient (Wildman–Crippen LogP) is 4.37. The predicted molar refractivity (Wildman–Crippen MR) is 116 cm³/mol. The molecule has 0 fully saturated rings. The molecule has 0 saturated carbocycles. The summed E-state index contributed by atoms with van der Waals surface area (Å²) < 4.78 is 40.1. The van der Waals surface area contributed by atoms with Crippen LogP contribution in [0.2, 0.25) is 5.02 Å². The molecule has 0 aliphatic heterocycles. The Bertz CT molecular complexity index is 1620. The fourth-order valence-corrected chi connectivity index (χ4v) is 4.80. The first-order valence-corrected chi connectivity index (χ1v) is 10.3. The monoisotopic (exact) mass is 477 g/mol. The second-order valence-corrected chi connectivity index (χ2v) is 8.40. The molecule has 0 aliphatic rings. The molecule has 0 radical (unpaired) electrons. The number of benzene rings is 1. The second kappa shape index (κ2) is 7.31. The fraction of sp³-hybridized carbons (Fsp3) is 0.100. The SMILES string of the molecule is O=c1[nH]c2cc(-c3ccccc3Cl)sc2c(=O)n1-c1cncc2cn(CC(F)(F)F)nc12. The number of rotatable bonds is 3. The molecule has 5 aromatic rings. The first-order chi connectivity index (χ1) is 15.2. The first kappa shape index (κ1) is 20.5. The number of nitrogens with one attached hydrogen (secondary N) is 1. The van der Waals surface area contributed by atoms with Crippen molar-refractivity contribution in [3.8, 4) is 16.1 Å². The minimum absolute atomic E-state index is 0.00994. The minimum Gasteiger partial charge on any atom is -0.306 e. The van der Waals surface area contributed by atoms with Gasteiger partial charge in [0, 0.05) is 33.2 Å². The average Bonchev–Trinajstić information content (AvgIpc) is 3.31. The Morgan fingerprint density at radius 3 is 2.69 bits per heavy atom. The molecule has 0 amide bonds. The number of fused-ring (bicyclic) bond motifs is 2. The molecular weight excluding hydrogens is 467 g/mol. The van der Waals surface area contributed by atoms with E-state index in [4.69, 9.17) is 11.6 Å². The van der Waals surface area contributed by atoms with Crippen LogP contribution in [-0.2, 0) is 6.54 Å². The van der Waals surface area contributed by atoms with Crippen LogP contribution in [-0.4, -0.2) is 30.5 Å². The second-order valence-electron chi connectivity index (χ2n) is 6.94. The van der Waals surface area contributed by atoms with Crippen molar-refractivity contribution in [3.63, 3.8) is 0 Å². The molecule has 0 bridgehead atoms. The van der Waals surface area contributed by atoms with Gasteiger partial charge in [-0.1, -0.05) is 29.8 Å². The zero-order chi connectivity index (χ0) is 22.6. The number of aromatic nitrogens is 5. The van der Waals surface area contributed by atoms with Gasteiger partial charge in [0.15, 0.2) is 0 Å². The van der Waals surface area contributed by atoms with Crippen LogP contribution in [0.1, 0.15) is 0 Å². The van der Waals surface area contributed by atoms with Gasteiger partial charge >= 0.3 is 11.9 Å². The van der Waals surface area contributed by atoms with E-state index in [0.29, 0.717) is 25.7 Å². The van der Waals surface area contributed by atoms with Gasteiger partial charge in [0.2, 0.25) is 0 Å². The first-order valence-electron chi connectivity index (χ1n) is 9.13. The van der Waals surface area contributed by atoms with E-state index in [1.807, 2.05) is 0 Å². The van der Waals surface area contributed by atoms with E-state index in [-0.39, 0.29) is 21.3 Å². The summed E-state index contributed by atoms with van der Waals surface area (Å²) >= 11 is 7.39. The number of alkyl halides is 3. The highest BCUT2D eigenvalue weighted by Gasteiger charge is 2.29. The van der Waals surface area contributed by atoms with Gasteiger partial charge in [-0.15, -0.1) is 11.3 Å². The Balaban J connectivity index is 1.71. The molecular formula is C20H11ClF3N5O2S. The third kappa shape index (κ3) is 3.49. The van der Waals surface area contributed by atoms with Crippen LogP contribution in [0.3, 0.4) is 0 Å². The van der Waals surface area contributed by atoms with E-state index in [9.17, 15) is 22.8 Å². The summed E-state index contributed by atoms with van der Waals surface area (Å²) in [5.74, 6) is 0. The Morgan fingerprint density at radius 1 is 1.16 bits per heavy atom. The van der Waals surface area contributed by atoms with Gasteiger partial charge in [0.05, 0.1) is 11.7 Å². The average molecular weight is 478 g/mol. The third-order valence-corrected chi connectivity index (χ3v) is 6.22. The van der Waals surface area contributed by atoms with Crippen molar-refractivity contribution in [2.24, 2.45) is 0 Å². The van der Waals surface area contributed by atoms with Crippen LogP contribution in [0.15, 0.2) is 58.5 Å². The van der Waals surface area contributed by atoms with Crippen molar-refractivity contribution in [2.45, 2.75) is 12.7 Å². The number of thiophene rings is 1. The van der Waals surface area contributed by atoms with Crippen LogP contribution in [0.25, 0.3) is 37.2 Å². The lowest BCUT2D eigenvalue weighted by molar-refractivity contribution is -0.142. The molecule has 7 nitrogen and oxygen atoms in total. The van der Waals surface area contributed by atoms with Gasteiger partial charge in [0.1, 0.15) is 22.4 Å². The van der Waals surface area contributed by atoms with Crippen molar-refractivity contribution in [3.05, 3.63) is 74.8 Å². The quantitative estimate of drug-likeness (QED) is 0.418. The number of hydrogen-bond donors (Lipinski definition) is 1. The van der Waals surface area contributed by atoms with Crippen LogP contribution >= 0.6 is 22.9 Å². The topological polar surface area (TPSA) is 85.6 Å². The van der Waals surface area contributed by atoms with Gasteiger partial charge < -0.3 is 4.98 Å². The summed E-state index contributed by atoms with van der Waals surface area (Å²) in [5.41, 5.74) is -0.309. The Kier molecular flexibility index (Phi) is 4.68. The lowest BCUT2D eigenvalue weighted by atomic mass is 10.2. The van der Waals surface area contributed by atoms with Gasteiger partial charge in [-0.25, -0.2) is 9.36 Å². The lowest BCUT2D eigenvalue weighted by Gasteiger charge is -2.06. The zero-order valence-corrected chi connectivity index (χ0v) is 17.4. The molecule has 1 N–H and O–H groups in total. The zero-order valence-electron chi connectivity index (χ0n) is 15.9. The molecule has 162 valence electrons. The Hall–Kier alpha value is -3.44. The van der Waals surface area contributed by atoms with Crippen molar-refractivity contribution >= 4 is 44.1 Å². The van der Waals surface area contributed by atoms with Crippen LogP contribution in [0, 0.1) is 0 Å². The van der Waals surface area contributed by atoms with E-state index in [2.05, 4.69) is 15.1 Å². The van der Waals surface area contributed by atoms with E-state index >= 15 is 0 Å². The van der Waals surface area contributed by atoms with Crippen LogP contribution in [0.5, 0.6) is 0 Å². The standard InChI is InChI=1S/C20H11ClF3N5O2S/c21-12-4-2-1-3-11(12)15-5-13-17(32-15)18(30)29(19(31)26-13)14-7-25-6-10-8-28(27-16(10)14)9-20(22,23)24/h1-8H,9H2,(H,26,31). The molecule has 0 aliphatic carbocycles. The van der Waals surface area contributed by atoms with Crippen molar-refractivity contribution < 1.29 is 13.2 Å². The molecule has 4 heterocycles. The van der Waals surface area contributed by atoms with Gasteiger partial charge in [-0.3, -0.25) is 14.5 Å². The molecule has 12 heteroatoms. The third-order valence-electron chi connectivity index (χ3n) is 4.74. The summed E-state index contributed by atoms with van der Waals surface area (Å²) in [6.07, 6.45) is -0.776. The number of pyridine rings is 1. The minimum atomic E-state index is -4.48. The van der Waals surface area contributed by atoms with E-state index in [1.165, 1.54) is 12.4 Å². The maximum Gasteiger partial charge on any atom is 0.408 e. The number of aromatic amines is 1. The normalized spacial score (nSPS) is 12.1. The number of H-pyrrole nitrogens is 1.